The van der Waals surface area contributed by atoms with Crippen LogP contribution >= 0.6 is 0 Å². The van der Waals surface area contributed by atoms with E-state index in [0.717, 1.165) is 16.5 Å². The van der Waals surface area contributed by atoms with Crippen LogP contribution in [0.4, 0.5) is 14.9 Å². The number of pyridine rings is 1. The van der Waals surface area contributed by atoms with Crippen LogP contribution in [0.15, 0.2) is 42.7 Å². The molecule has 2 aromatic heterocycles. The number of rotatable bonds is 3. The third-order valence-electron chi connectivity index (χ3n) is 4.79. The smallest absolute Gasteiger partial charge is 0.321 e. The van der Waals surface area contributed by atoms with Crippen LogP contribution in [-0.4, -0.2) is 40.7 Å². The largest absolute Gasteiger partial charge is 0.481 e. The maximum atomic E-state index is 13.5. The molecular formula is C19H19FN4O2. The van der Waals surface area contributed by atoms with Crippen molar-refractivity contribution in [3.8, 4) is 5.88 Å². The van der Waals surface area contributed by atoms with Crippen molar-refractivity contribution >= 4 is 22.6 Å². The van der Waals surface area contributed by atoms with Gasteiger partial charge in [0.15, 0.2) is 0 Å². The summed E-state index contributed by atoms with van der Waals surface area (Å²) in [4.78, 5) is 18.2. The Balaban J connectivity index is 1.42. The van der Waals surface area contributed by atoms with Crippen LogP contribution in [0.5, 0.6) is 5.88 Å². The molecule has 1 saturated heterocycles. The number of benzene rings is 1. The summed E-state index contributed by atoms with van der Waals surface area (Å²) in [5.41, 5.74) is 2.64. The van der Waals surface area contributed by atoms with E-state index < -0.39 is 0 Å². The quantitative estimate of drug-likeness (QED) is 0.785. The lowest BCUT2D eigenvalue weighted by molar-refractivity contribution is 0.164. The van der Waals surface area contributed by atoms with Gasteiger partial charge in [0.05, 0.1) is 24.5 Å². The van der Waals surface area contributed by atoms with Crippen LogP contribution in [0, 0.1) is 5.82 Å². The molecule has 134 valence electrons. The van der Waals surface area contributed by atoms with Gasteiger partial charge in [-0.3, -0.25) is 0 Å². The lowest BCUT2D eigenvalue weighted by Crippen LogP contribution is -2.50. The zero-order valence-electron chi connectivity index (χ0n) is 14.6. The highest BCUT2D eigenvalue weighted by Gasteiger charge is 2.33. The normalized spacial score (nSPS) is 14.3. The molecule has 7 heteroatoms. The lowest BCUT2D eigenvalue weighted by atomic mass is 9.91. The fraction of sp³-hybridized carbons (Fsp3) is 0.263. The van der Waals surface area contributed by atoms with Gasteiger partial charge in [-0.2, -0.15) is 0 Å². The maximum absolute atomic E-state index is 13.5. The van der Waals surface area contributed by atoms with Gasteiger partial charge in [-0.25, -0.2) is 14.2 Å². The molecule has 3 aromatic rings. The van der Waals surface area contributed by atoms with Gasteiger partial charge in [0.2, 0.25) is 5.88 Å². The summed E-state index contributed by atoms with van der Waals surface area (Å²) in [5.74, 6) is 0.510. The molecule has 1 N–H and O–H groups in total. The number of likely N-dealkylation sites (tertiary alicyclic amines) is 1. The Labute approximate surface area is 150 Å². The molecule has 0 radical (unpaired) electrons. The first-order chi connectivity index (χ1) is 12.5. The number of hydrogen-bond acceptors (Lipinski definition) is 3. The molecular weight excluding hydrogens is 335 g/mol. The van der Waals surface area contributed by atoms with Gasteiger partial charge in [0.25, 0.3) is 0 Å². The summed E-state index contributed by atoms with van der Waals surface area (Å²) in [7, 11) is 3.45. The Morgan fingerprint density at radius 3 is 2.81 bits per heavy atom. The summed E-state index contributed by atoms with van der Waals surface area (Å²) in [6, 6.07) is 8.12. The molecule has 0 saturated carbocycles. The molecule has 3 heterocycles. The van der Waals surface area contributed by atoms with Gasteiger partial charge in [-0.15, -0.1) is 0 Å². The fourth-order valence-electron chi connectivity index (χ4n) is 3.33. The third kappa shape index (κ3) is 2.85. The van der Waals surface area contributed by atoms with E-state index >= 15 is 0 Å². The number of nitrogens with zero attached hydrogens (tertiary/aromatic N) is 3. The molecule has 0 aliphatic carbocycles. The van der Waals surface area contributed by atoms with Gasteiger partial charge in [-0.05, 0) is 29.8 Å². The van der Waals surface area contributed by atoms with Crippen molar-refractivity contribution in [2.45, 2.75) is 5.92 Å². The predicted molar refractivity (Wildman–Crippen MR) is 97.0 cm³/mol. The SMILES string of the molecule is COc1ccc(NC(=O)N2CC(c3cn(C)c4cc(F)ccc34)C2)cn1. The number of halogens is 1. The Hall–Kier alpha value is -3.09. The molecule has 1 aromatic carbocycles. The topological polar surface area (TPSA) is 59.4 Å². The van der Waals surface area contributed by atoms with E-state index in [9.17, 15) is 9.18 Å². The van der Waals surface area contributed by atoms with Crippen molar-refractivity contribution in [1.29, 1.82) is 0 Å². The molecule has 4 rings (SSSR count). The number of nitrogens with one attached hydrogen (secondary N) is 1. The minimum absolute atomic E-state index is 0.153. The number of carbonyl (C=O) groups excluding carboxylic acids is 1. The number of aryl methyl sites for hydroxylation is 1. The van der Waals surface area contributed by atoms with Gasteiger partial charge in [0, 0.05) is 43.7 Å². The summed E-state index contributed by atoms with van der Waals surface area (Å²) in [6.45, 7) is 1.26. The van der Waals surface area contributed by atoms with Crippen molar-refractivity contribution in [2.24, 2.45) is 7.05 Å². The van der Waals surface area contributed by atoms with Crippen LogP contribution in [-0.2, 0) is 7.05 Å². The number of hydrogen-bond donors (Lipinski definition) is 1. The van der Waals surface area contributed by atoms with Gasteiger partial charge < -0.3 is 19.5 Å². The Bertz CT molecular complexity index is 962. The van der Waals surface area contributed by atoms with Gasteiger partial charge in [-0.1, -0.05) is 0 Å². The number of ether oxygens (including phenoxy) is 1. The highest BCUT2D eigenvalue weighted by atomic mass is 19.1. The van der Waals surface area contributed by atoms with Gasteiger partial charge in [0.1, 0.15) is 5.82 Å². The number of methoxy groups -OCH3 is 1. The average molecular weight is 354 g/mol. The molecule has 2 amide bonds. The van der Waals surface area contributed by atoms with Crippen LogP contribution in [0.25, 0.3) is 10.9 Å². The Kier molecular flexibility index (Phi) is 3.99. The zero-order valence-corrected chi connectivity index (χ0v) is 14.6. The molecule has 0 bridgehead atoms. The number of amides is 2. The monoisotopic (exact) mass is 354 g/mol. The number of aromatic nitrogens is 2. The molecule has 0 unspecified atom stereocenters. The Morgan fingerprint density at radius 2 is 2.12 bits per heavy atom. The minimum Gasteiger partial charge on any atom is -0.481 e. The summed E-state index contributed by atoms with van der Waals surface area (Å²) >= 11 is 0. The van der Waals surface area contributed by atoms with Crippen molar-refractivity contribution < 1.29 is 13.9 Å². The average Bonchev–Trinajstić information content (AvgIpc) is 2.90. The van der Waals surface area contributed by atoms with Crippen molar-refractivity contribution in [2.75, 3.05) is 25.5 Å². The molecule has 1 fully saturated rings. The Morgan fingerprint density at radius 1 is 1.31 bits per heavy atom. The highest BCUT2D eigenvalue weighted by molar-refractivity contribution is 5.90. The van der Waals surface area contributed by atoms with Crippen molar-refractivity contribution in [3.05, 3.63) is 54.1 Å². The second-order valence-electron chi connectivity index (χ2n) is 6.48. The van der Waals surface area contributed by atoms with Crippen LogP contribution in [0.1, 0.15) is 11.5 Å². The maximum Gasteiger partial charge on any atom is 0.321 e. The van der Waals surface area contributed by atoms with E-state index in [1.807, 2.05) is 23.9 Å². The second kappa shape index (κ2) is 6.33. The van der Waals surface area contributed by atoms with Crippen LogP contribution in [0.3, 0.4) is 0 Å². The predicted octanol–water partition coefficient (Wildman–Crippen LogP) is 3.35. The summed E-state index contributed by atoms with van der Waals surface area (Å²) < 4.78 is 20.4. The minimum atomic E-state index is -0.243. The lowest BCUT2D eigenvalue weighted by Gasteiger charge is -2.39. The number of urea groups is 1. The molecule has 1 aliphatic rings. The van der Waals surface area contributed by atoms with Crippen LogP contribution < -0.4 is 10.1 Å². The molecule has 26 heavy (non-hydrogen) atoms. The second-order valence-corrected chi connectivity index (χ2v) is 6.48. The van der Waals surface area contributed by atoms with E-state index in [0.29, 0.717) is 24.7 Å². The molecule has 0 spiro atoms. The first kappa shape index (κ1) is 16.4. The summed E-state index contributed by atoms with van der Waals surface area (Å²) in [5, 5.41) is 3.87. The summed E-state index contributed by atoms with van der Waals surface area (Å²) in [6.07, 6.45) is 3.59. The van der Waals surface area contributed by atoms with E-state index in [1.54, 1.807) is 36.4 Å². The molecule has 0 atom stereocenters. The van der Waals surface area contributed by atoms with E-state index in [1.165, 1.54) is 6.07 Å². The number of carbonyl (C=O) groups is 1. The van der Waals surface area contributed by atoms with E-state index in [-0.39, 0.29) is 17.8 Å². The van der Waals surface area contributed by atoms with Crippen molar-refractivity contribution in [3.63, 3.8) is 0 Å². The van der Waals surface area contributed by atoms with E-state index in [2.05, 4.69) is 10.3 Å². The van der Waals surface area contributed by atoms with Crippen LogP contribution in [0.2, 0.25) is 0 Å². The zero-order chi connectivity index (χ0) is 18.3. The third-order valence-corrected chi connectivity index (χ3v) is 4.79. The number of anilines is 1. The molecule has 1 aliphatic heterocycles. The van der Waals surface area contributed by atoms with Crippen molar-refractivity contribution in [1.82, 2.24) is 14.5 Å². The fourth-order valence-corrected chi connectivity index (χ4v) is 3.33. The highest BCUT2D eigenvalue weighted by Crippen LogP contribution is 2.34. The molecule has 6 nitrogen and oxygen atoms in total. The van der Waals surface area contributed by atoms with Gasteiger partial charge >= 0.3 is 6.03 Å². The van der Waals surface area contributed by atoms with E-state index in [4.69, 9.17) is 4.74 Å². The standard InChI is InChI=1S/C19H19FN4O2/c1-23-11-16(15-5-3-13(20)7-17(15)23)12-9-24(10-12)19(25)22-14-4-6-18(26-2)21-8-14/h3-8,11-12H,9-10H2,1-2H3,(H,22,25). The first-order valence-corrected chi connectivity index (χ1v) is 8.35. The number of fused-ring (bicyclic) bond motifs is 1. The first-order valence-electron chi connectivity index (χ1n) is 8.35.